The summed E-state index contributed by atoms with van der Waals surface area (Å²) in [5.41, 5.74) is 8.79. The van der Waals surface area contributed by atoms with Gasteiger partial charge in [0.05, 0.1) is 17.5 Å². The fourth-order valence-corrected chi connectivity index (χ4v) is 2.55. The molecular weight excluding hydrogens is 318 g/mol. The maximum absolute atomic E-state index is 11.1. The Labute approximate surface area is 145 Å². The van der Waals surface area contributed by atoms with Crippen LogP contribution in [0.1, 0.15) is 21.5 Å². The lowest BCUT2D eigenvalue weighted by Crippen LogP contribution is -2.10. The molecule has 6 heteroatoms. The van der Waals surface area contributed by atoms with Crippen molar-refractivity contribution < 1.29 is 14.3 Å². The molecule has 2 aromatic carbocycles. The molecule has 0 bridgehead atoms. The Balaban J connectivity index is 1.84. The number of carbonyl (C=O) groups excluding carboxylic acids is 1. The van der Waals surface area contributed by atoms with Crippen LogP contribution in [0.5, 0.6) is 5.88 Å². The molecule has 0 spiro atoms. The van der Waals surface area contributed by atoms with Gasteiger partial charge in [0.15, 0.2) is 0 Å². The lowest BCUT2D eigenvalue weighted by Gasteiger charge is -2.09. The SMILES string of the molecule is COCCOc1ncnc2ccc(Cc3ccc(C(N)=O)cc3)cc12. The summed E-state index contributed by atoms with van der Waals surface area (Å²) in [7, 11) is 1.63. The average Bonchev–Trinajstić information content (AvgIpc) is 2.63. The van der Waals surface area contributed by atoms with Crippen molar-refractivity contribution in [1.82, 2.24) is 9.97 Å². The molecule has 0 aliphatic rings. The number of rotatable bonds is 7. The van der Waals surface area contributed by atoms with Crippen molar-refractivity contribution >= 4 is 16.8 Å². The molecule has 2 N–H and O–H groups in total. The number of hydrogen-bond donors (Lipinski definition) is 1. The van der Waals surface area contributed by atoms with E-state index >= 15 is 0 Å². The fraction of sp³-hybridized carbons (Fsp3) is 0.211. The number of ether oxygens (including phenoxy) is 2. The van der Waals surface area contributed by atoms with E-state index < -0.39 is 5.91 Å². The zero-order valence-corrected chi connectivity index (χ0v) is 13.9. The molecule has 0 fully saturated rings. The number of amides is 1. The number of nitrogens with zero attached hydrogens (tertiary/aromatic N) is 2. The van der Waals surface area contributed by atoms with E-state index in [1.807, 2.05) is 30.3 Å². The van der Waals surface area contributed by atoms with Crippen LogP contribution in [-0.4, -0.2) is 36.2 Å². The van der Waals surface area contributed by atoms with E-state index in [1.54, 1.807) is 19.2 Å². The molecule has 6 nitrogen and oxygen atoms in total. The number of benzene rings is 2. The Morgan fingerprint density at radius 3 is 2.52 bits per heavy atom. The number of hydrogen-bond acceptors (Lipinski definition) is 5. The molecule has 0 aliphatic heterocycles. The zero-order chi connectivity index (χ0) is 17.6. The van der Waals surface area contributed by atoms with Gasteiger partial charge >= 0.3 is 0 Å². The third kappa shape index (κ3) is 4.10. The molecule has 0 unspecified atom stereocenters. The Hall–Kier alpha value is -2.99. The Kier molecular flexibility index (Phi) is 5.20. The van der Waals surface area contributed by atoms with Gasteiger partial charge in [0.1, 0.15) is 12.9 Å². The minimum absolute atomic E-state index is 0.424. The van der Waals surface area contributed by atoms with Crippen LogP contribution >= 0.6 is 0 Å². The predicted molar refractivity (Wildman–Crippen MR) is 94.7 cm³/mol. The van der Waals surface area contributed by atoms with E-state index in [0.29, 0.717) is 24.7 Å². The number of nitrogens with two attached hydrogens (primary N) is 1. The van der Waals surface area contributed by atoms with Gasteiger partial charge in [-0.3, -0.25) is 4.79 Å². The number of methoxy groups -OCH3 is 1. The molecule has 0 radical (unpaired) electrons. The van der Waals surface area contributed by atoms with E-state index in [1.165, 1.54) is 6.33 Å². The van der Waals surface area contributed by atoms with Crippen LogP contribution in [0.15, 0.2) is 48.8 Å². The summed E-state index contributed by atoms with van der Waals surface area (Å²) in [6, 6.07) is 13.3. The number of primary amides is 1. The van der Waals surface area contributed by atoms with Gasteiger partial charge in [0.2, 0.25) is 11.8 Å². The van der Waals surface area contributed by atoms with Crippen molar-refractivity contribution in [2.45, 2.75) is 6.42 Å². The Bertz CT molecular complexity index is 879. The lowest BCUT2D eigenvalue weighted by molar-refractivity contribution is 0.100. The first kappa shape index (κ1) is 16.9. The highest BCUT2D eigenvalue weighted by Crippen LogP contribution is 2.24. The molecule has 25 heavy (non-hydrogen) atoms. The molecular formula is C19H19N3O3. The second kappa shape index (κ2) is 7.72. The van der Waals surface area contributed by atoms with Gasteiger partial charge in [-0.05, 0) is 41.8 Å². The largest absolute Gasteiger partial charge is 0.475 e. The zero-order valence-electron chi connectivity index (χ0n) is 13.9. The van der Waals surface area contributed by atoms with Crippen molar-refractivity contribution in [3.05, 3.63) is 65.5 Å². The second-order valence-corrected chi connectivity index (χ2v) is 5.61. The van der Waals surface area contributed by atoms with Gasteiger partial charge in [0.25, 0.3) is 0 Å². The van der Waals surface area contributed by atoms with Crippen LogP contribution < -0.4 is 10.5 Å². The van der Waals surface area contributed by atoms with Crippen LogP contribution in [0, 0.1) is 0 Å². The highest BCUT2D eigenvalue weighted by atomic mass is 16.5. The van der Waals surface area contributed by atoms with Crippen LogP contribution in [0.3, 0.4) is 0 Å². The summed E-state index contributed by atoms with van der Waals surface area (Å²) in [6.07, 6.45) is 2.22. The molecule has 0 aliphatic carbocycles. The van der Waals surface area contributed by atoms with E-state index in [0.717, 1.165) is 28.5 Å². The smallest absolute Gasteiger partial charge is 0.248 e. The quantitative estimate of drug-likeness (QED) is 0.669. The van der Waals surface area contributed by atoms with Crippen LogP contribution in [0.4, 0.5) is 0 Å². The van der Waals surface area contributed by atoms with E-state index in [-0.39, 0.29) is 0 Å². The first-order chi connectivity index (χ1) is 12.2. The van der Waals surface area contributed by atoms with Crippen molar-refractivity contribution in [1.29, 1.82) is 0 Å². The van der Waals surface area contributed by atoms with Gasteiger partial charge in [-0.1, -0.05) is 18.2 Å². The van der Waals surface area contributed by atoms with E-state index in [9.17, 15) is 4.79 Å². The highest BCUT2D eigenvalue weighted by molar-refractivity contribution is 5.92. The molecule has 0 saturated carbocycles. The fourth-order valence-electron chi connectivity index (χ4n) is 2.55. The van der Waals surface area contributed by atoms with Crippen molar-refractivity contribution in [3.8, 4) is 5.88 Å². The first-order valence-electron chi connectivity index (χ1n) is 7.91. The molecule has 1 amide bonds. The third-order valence-electron chi connectivity index (χ3n) is 3.84. The van der Waals surface area contributed by atoms with E-state index in [2.05, 4.69) is 9.97 Å². The van der Waals surface area contributed by atoms with Crippen LogP contribution in [-0.2, 0) is 11.2 Å². The standard InChI is InChI=1S/C19H19N3O3/c1-24-8-9-25-19-16-11-14(4-7-17(16)21-12-22-19)10-13-2-5-15(6-3-13)18(20)23/h2-7,11-12H,8-10H2,1H3,(H2,20,23). The lowest BCUT2D eigenvalue weighted by atomic mass is 10.0. The summed E-state index contributed by atoms with van der Waals surface area (Å²) >= 11 is 0. The Morgan fingerprint density at radius 2 is 1.80 bits per heavy atom. The van der Waals surface area contributed by atoms with Crippen LogP contribution in [0.2, 0.25) is 0 Å². The van der Waals surface area contributed by atoms with E-state index in [4.69, 9.17) is 15.2 Å². The molecule has 0 saturated heterocycles. The number of aromatic nitrogens is 2. The highest BCUT2D eigenvalue weighted by Gasteiger charge is 2.07. The van der Waals surface area contributed by atoms with Gasteiger partial charge in [-0.25, -0.2) is 9.97 Å². The number of fused-ring (bicyclic) bond motifs is 1. The normalized spacial score (nSPS) is 10.8. The predicted octanol–water partition coefficient (Wildman–Crippen LogP) is 2.34. The molecule has 3 aromatic rings. The summed E-state index contributed by atoms with van der Waals surface area (Å²) in [6.45, 7) is 0.929. The molecule has 128 valence electrons. The van der Waals surface area contributed by atoms with Crippen molar-refractivity contribution in [2.75, 3.05) is 20.3 Å². The topological polar surface area (TPSA) is 87.3 Å². The molecule has 1 heterocycles. The molecule has 0 atom stereocenters. The van der Waals surface area contributed by atoms with Crippen molar-refractivity contribution in [2.24, 2.45) is 5.73 Å². The van der Waals surface area contributed by atoms with Crippen LogP contribution in [0.25, 0.3) is 10.9 Å². The van der Waals surface area contributed by atoms with Gasteiger partial charge < -0.3 is 15.2 Å². The maximum atomic E-state index is 11.1. The maximum Gasteiger partial charge on any atom is 0.248 e. The molecule has 3 rings (SSSR count). The minimum Gasteiger partial charge on any atom is -0.475 e. The average molecular weight is 337 g/mol. The third-order valence-corrected chi connectivity index (χ3v) is 3.84. The first-order valence-corrected chi connectivity index (χ1v) is 7.91. The molecule has 1 aromatic heterocycles. The summed E-state index contributed by atoms with van der Waals surface area (Å²) in [5.74, 6) is 0.125. The summed E-state index contributed by atoms with van der Waals surface area (Å²) in [4.78, 5) is 19.6. The van der Waals surface area contributed by atoms with Gasteiger partial charge in [0, 0.05) is 12.7 Å². The summed E-state index contributed by atoms with van der Waals surface area (Å²) < 4.78 is 10.7. The van der Waals surface area contributed by atoms with Gasteiger partial charge in [-0.2, -0.15) is 0 Å². The van der Waals surface area contributed by atoms with Crippen molar-refractivity contribution in [3.63, 3.8) is 0 Å². The monoisotopic (exact) mass is 337 g/mol. The number of carbonyl (C=O) groups is 1. The second-order valence-electron chi connectivity index (χ2n) is 5.61. The summed E-state index contributed by atoms with van der Waals surface area (Å²) in [5, 5.41) is 0.866. The minimum atomic E-state index is -0.424. The Morgan fingerprint density at radius 1 is 1.04 bits per heavy atom. The van der Waals surface area contributed by atoms with Gasteiger partial charge in [-0.15, -0.1) is 0 Å².